The minimum absolute atomic E-state index is 0.0738. The van der Waals surface area contributed by atoms with Crippen LogP contribution in [0.25, 0.3) is 5.57 Å². The van der Waals surface area contributed by atoms with Gasteiger partial charge in [0, 0.05) is 35.2 Å². The predicted octanol–water partition coefficient (Wildman–Crippen LogP) is 3.25. The van der Waals surface area contributed by atoms with Crippen molar-refractivity contribution in [2.24, 2.45) is 0 Å². The van der Waals surface area contributed by atoms with E-state index in [-0.39, 0.29) is 16.2 Å². The number of amides is 1. The number of rotatable bonds is 7. The van der Waals surface area contributed by atoms with E-state index >= 15 is 0 Å². The molecule has 0 radical (unpaired) electrons. The van der Waals surface area contributed by atoms with Gasteiger partial charge < -0.3 is 14.8 Å². The Morgan fingerprint density at radius 1 is 1.17 bits per heavy atom. The Labute approximate surface area is 177 Å². The van der Waals surface area contributed by atoms with Crippen LogP contribution in [0.4, 0.5) is 5.69 Å². The average molecular weight is 443 g/mol. The van der Waals surface area contributed by atoms with Gasteiger partial charge in [-0.1, -0.05) is 20.8 Å². The fourth-order valence-corrected chi connectivity index (χ4v) is 5.75. The van der Waals surface area contributed by atoms with Crippen molar-refractivity contribution in [2.75, 3.05) is 37.4 Å². The maximum absolute atomic E-state index is 13.2. The lowest BCUT2D eigenvalue weighted by atomic mass is 10.0. The molecule has 0 bridgehead atoms. The number of sulfonamides is 1. The number of carbonyl (C=O) groups is 1. The van der Waals surface area contributed by atoms with Gasteiger partial charge in [-0.25, -0.2) is 8.42 Å². The van der Waals surface area contributed by atoms with E-state index in [9.17, 15) is 13.2 Å². The first-order valence-corrected chi connectivity index (χ1v) is 11.8. The van der Waals surface area contributed by atoms with Crippen LogP contribution in [-0.2, 0) is 14.8 Å². The zero-order chi connectivity index (χ0) is 22.0. The molecule has 1 aromatic carbocycles. The summed E-state index contributed by atoms with van der Waals surface area (Å²) < 4.78 is 38.5. The van der Waals surface area contributed by atoms with E-state index < -0.39 is 15.9 Å². The lowest BCUT2D eigenvalue weighted by Crippen LogP contribution is -2.41. The van der Waals surface area contributed by atoms with Gasteiger partial charge in [0.25, 0.3) is 15.9 Å². The van der Waals surface area contributed by atoms with Crippen molar-refractivity contribution in [3.63, 3.8) is 0 Å². The Kier molecular flexibility index (Phi) is 7.16. The summed E-state index contributed by atoms with van der Waals surface area (Å²) in [5.41, 5.74) is 1.50. The Morgan fingerprint density at radius 3 is 2.28 bits per heavy atom. The van der Waals surface area contributed by atoms with Crippen molar-refractivity contribution >= 4 is 39.0 Å². The van der Waals surface area contributed by atoms with Crippen LogP contribution < -0.4 is 19.1 Å². The van der Waals surface area contributed by atoms with E-state index in [1.807, 2.05) is 0 Å². The largest absolute Gasteiger partial charge is 0.493 e. The standard InChI is InChI=1S/C20H30N2O5S2/c1-8-22-15-12-17(27-7)16(26-6)11-14(15)13(2)18(29(22,24)25)19(23)21-9-10-28-20(3,4)5/h11-12H,8-10H2,1-7H3,(H,21,23). The molecule has 29 heavy (non-hydrogen) atoms. The average Bonchev–Trinajstić information content (AvgIpc) is 2.63. The molecule has 0 aliphatic carbocycles. The fraction of sp³-hybridized carbons (Fsp3) is 0.550. The van der Waals surface area contributed by atoms with Gasteiger partial charge in [-0.05, 0) is 25.5 Å². The molecule has 2 rings (SSSR count). The zero-order valence-corrected chi connectivity index (χ0v) is 19.7. The van der Waals surface area contributed by atoms with Gasteiger partial charge in [0.2, 0.25) is 0 Å². The van der Waals surface area contributed by atoms with Gasteiger partial charge in [-0.3, -0.25) is 9.10 Å². The highest BCUT2D eigenvalue weighted by molar-refractivity contribution is 8.00. The molecule has 0 spiro atoms. The van der Waals surface area contributed by atoms with Crippen LogP contribution in [0.1, 0.15) is 40.2 Å². The van der Waals surface area contributed by atoms with Crippen LogP contribution >= 0.6 is 11.8 Å². The molecule has 1 heterocycles. The molecule has 0 fully saturated rings. The quantitative estimate of drug-likeness (QED) is 0.653. The Hall–Kier alpha value is -1.87. The van der Waals surface area contributed by atoms with Crippen LogP contribution in [0.3, 0.4) is 0 Å². The molecule has 0 saturated carbocycles. The molecule has 1 N–H and O–H groups in total. The lowest BCUT2D eigenvalue weighted by molar-refractivity contribution is -0.116. The van der Waals surface area contributed by atoms with E-state index in [4.69, 9.17) is 9.47 Å². The second-order valence-electron chi connectivity index (χ2n) is 7.56. The van der Waals surface area contributed by atoms with Crippen LogP contribution in [0.2, 0.25) is 0 Å². The molecule has 162 valence electrons. The number of carbonyl (C=O) groups excluding carboxylic acids is 1. The summed E-state index contributed by atoms with van der Waals surface area (Å²) in [6.07, 6.45) is 0. The van der Waals surface area contributed by atoms with Crippen molar-refractivity contribution in [3.05, 3.63) is 22.6 Å². The zero-order valence-electron chi connectivity index (χ0n) is 18.1. The molecule has 1 amide bonds. The molecule has 0 aromatic heterocycles. The maximum Gasteiger partial charge on any atom is 0.270 e. The predicted molar refractivity (Wildman–Crippen MR) is 119 cm³/mol. The third-order valence-electron chi connectivity index (χ3n) is 4.48. The van der Waals surface area contributed by atoms with Gasteiger partial charge >= 0.3 is 0 Å². The van der Waals surface area contributed by atoms with Crippen molar-refractivity contribution in [2.45, 2.75) is 39.4 Å². The normalized spacial score (nSPS) is 15.8. The Balaban J connectivity index is 2.47. The molecule has 1 aromatic rings. The van der Waals surface area contributed by atoms with Crippen LogP contribution in [-0.4, -0.2) is 52.1 Å². The number of thioether (sulfide) groups is 1. The Morgan fingerprint density at radius 2 is 1.76 bits per heavy atom. The number of fused-ring (bicyclic) bond motifs is 1. The molecule has 0 atom stereocenters. The van der Waals surface area contributed by atoms with Crippen LogP contribution in [0.15, 0.2) is 17.0 Å². The third kappa shape index (κ3) is 4.83. The number of hydrogen-bond acceptors (Lipinski definition) is 6. The topological polar surface area (TPSA) is 84.9 Å². The van der Waals surface area contributed by atoms with Gasteiger partial charge in [-0.15, -0.1) is 0 Å². The molecule has 0 saturated heterocycles. The molecule has 1 aliphatic heterocycles. The van der Waals surface area contributed by atoms with Gasteiger partial charge in [0.05, 0.1) is 19.9 Å². The second-order valence-corrected chi connectivity index (χ2v) is 11.3. The smallest absolute Gasteiger partial charge is 0.270 e. The van der Waals surface area contributed by atoms with Crippen LogP contribution in [0.5, 0.6) is 11.5 Å². The molecular formula is C20H30N2O5S2. The minimum atomic E-state index is -3.99. The molecular weight excluding hydrogens is 412 g/mol. The van der Waals surface area contributed by atoms with E-state index in [2.05, 4.69) is 26.1 Å². The number of allylic oxidation sites excluding steroid dienone is 1. The van der Waals surface area contributed by atoms with Gasteiger partial charge in [-0.2, -0.15) is 11.8 Å². The summed E-state index contributed by atoms with van der Waals surface area (Å²) in [6, 6.07) is 3.34. The summed E-state index contributed by atoms with van der Waals surface area (Å²) in [5.74, 6) is 1.01. The Bertz CT molecular complexity index is 918. The van der Waals surface area contributed by atoms with Gasteiger partial charge in [0.15, 0.2) is 16.4 Å². The molecule has 0 unspecified atom stereocenters. The molecule has 7 nitrogen and oxygen atoms in total. The number of anilines is 1. The highest BCUT2D eigenvalue weighted by Gasteiger charge is 2.39. The fourth-order valence-electron chi connectivity index (χ4n) is 3.16. The number of benzene rings is 1. The van der Waals surface area contributed by atoms with Crippen molar-refractivity contribution in [3.8, 4) is 11.5 Å². The first-order valence-electron chi connectivity index (χ1n) is 9.40. The number of nitrogens with one attached hydrogen (secondary N) is 1. The van der Waals surface area contributed by atoms with Crippen molar-refractivity contribution in [1.29, 1.82) is 0 Å². The molecule has 9 heteroatoms. The van der Waals surface area contributed by atoms with E-state index in [1.165, 1.54) is 18.5 Å². The molecule has 1 aliphatic rings. The maximum atomic E-state index is 13.2. The summed E-state index contributed by atoms with van der Waals surface area (Å²) in [4.78, 5) is 12.6. The van der Waals surface area contributed by atoms with Crippen LogP contribution in [0, 0.1) is 0 Å². The monoisotopic (exact) mass is 442 g/mol. The number of hydrogen-bond donors (Lipinski definition) is 1. The van der Waals surface area contributed by atoms with Gasteiger partial charge in [0.1, 0.15) is 0 Å². The minimum Gasteiger partial charge on any atom is -0.493 e. The summed E-state index contributed by atoms with van der Waals surface area (Å²) in [6.45, 7) is 10.2. The highest BCUT2D eigenvalue weighted by Crippen LogP contribution is 2.44. The summed E-state index contributed by atoms with van der Waals surface area (Å²) in [7, 11) is -0.979. The number of nitrogens with zero attached hydrogens (tertiary/aromatic N) is 1. The number of ether oxygens (including phenoxy) is 2. The number of methoxy groups -OCH3 is 2. The third-order valence-corrected chi connectivity index (χ3v) is 7.80. The summed E-state index contributed by atoms with van der Waals surface area (Å²) >= 11 is 1.70. The second kappa shape index (κ2) is 8.87. The first-order chi connectivity index (χ1) is 13.5. The first kappa shape index (κ1) is 23.4. The summed E-state index contributed by atoms with van der Waals surface area (Å²) in [5, 5.41) is 2.76. The van der Waals surface area contributed by atoms with E-state index in [0.29, 0.717) is 40.6 Å². The van der Waals surface area contributed by atoms with Crippen molar-refractivity contribution in [1.82, 2.24) is 5.32 Å². The lowest BCUT2D eigenvalue weighted by Gasteiger charge is -2.32. The highest BCUT2D eigenvalue weighted by atomic mass is 32.2. The van der Waals surface area contributed by atoms with E-state index in [1.54, 1.807) is 37.7 Å². The van der Waals surface area contributed by atoms with E-state index in [0.717, 1.165) is 0 Å². The SMILES string of the molecule is CCN1c2cc(OC)c(OC)cc2C(C)=C(C(=O)NCCSC(C)(C)C)S1(=O)=O. The van der Waals surface area contributed by atoms with Crippen molar-refractivity contribution < 1.29 is 22.7 Å².